The summed E-state index contributed by atoms with van der Waals surface area (Å²) in [6, 6.07) is 8.33. The van der Waals surface area contributed by atoms with Gasteiger partial charge in [-0.15, -0.1) is 0 Å². The molecule has 3 aliphatic heterocycles. The van der Waals surface area contributed by atoms with Crippen LogP contribution in [0.15, 0.2) is 30.5 Å². The van der Waals surface area contributed by atoms with Gasteiger partial charge in [-0.05, 0) is 37.1 Å². The van der Waals surface area contributed by atoms with Crippen LogP contribution in [0.25, 0.3) is 0 Å². The van der Waals surface area contributed by atoms with E-state index in [9.17, 15) is 9.59 Å². The standard InChI is InChI=1S/C24H29N7O2/c32-20-14-24(22(33)31(20)19-3-1-2-4-19)13-16-15-26-23(28-21(16)29-24)27-17-5-7-18(8-6-17)30-11-9-25-10-12-30/h5-8,15,19,25H,1-4,9-14H2,(H2,26,27,28,29). The maximum absolute atomic E-state index is 13.3. The number of aromatic nitrogens is 2. The number of nitrogens with zero attached hydrogens (tertiary/aromatic N) is 4. The molecule has 1 aromatic carbocycles. The number of benzene rings is 1. The number of nitrogens with one attached hydrogen (secondary N) is 3. The zero-order valence-corrected chi connectivity index (χ0v) is 18.6. The summed E-state index contributed by atoms with van der Waals surface area (Å²) >= 11 is 0. The van der Waals surface area contributed by atoms with Crippen molar-refractivity contribution >= 4 is 35.0 Å². The molecule has 2 aromatic rings. The van der Waals surface area contributed by atoms with E-state index in [1.807, 2.05) is 12.1 Å². The highest BCUT2D eigenvalue weighted by molar-refractivity contribution is 6.11. The van der Waals surface area contributed by atoms with Gasteiger partial charge in [0.1, 0.15) is 11.4 Å². The van der Waals surface area contributed by atoms with Gasteiger partial charge in [-0.25, -0.2) is 4.98 Å². The molecule has 1 aliphatic carbocycles. The van der Waals surface area contributed by atoms with Crippen molar-refractivity contribution in [3.63, 3.8) is 0 Å². The van der Waals surface area contributed by atoms with Gasteiger partial charge in [0.15, 0.2) is 0 Å². The quantitative estimate of drug-likeness (QED) is 0.612. The normalized spacial score (nSPS) is 25.1. The Kier molecular flexibility index (Phi) is 4.94. The molecule has 1 unspecified atom stereocenters. The fraction of sp³-hybridized carbons (Fsp3) is 0.500. The monoisotopic (exact) mass is 447 g/mol. The second-order valence-corrected chi connectivity index (χ2v) is 9.54. The molecule has 1 aromatic heterocycles. The first-order valence-electron chi connectivity index (χ1n) is 11.9. The molecular formula is C24H29N7O2. The van der Waals surface area contributed by atoms with Crippen molar-refractivity contribution in [3.8, 4) is 0 Å². The number of rotatable bonds is 4. The highest BCUT2D eigenvalue weighted by Gasteiger charge is 2.56. The fourth-order valence-electron chi connectivity index (χ4n) is 5.64. The largest absolute Gasteiger partial charge is 0.369 e. The van der Waals surface area contributed by atoms with Gasteiger partial charge in [-0.1, -0.05) is 12.8 Å². The first-order valence-corrected chi connectivity index (χ1v) is 11.9. The van der Waals surface area contributed by atoms with E-state index >= 15 is 0 Å². The van der Waals surface area contributed by atoms with Gasteiger partial charge < -0.3 is 20.9 Å². The molecule has 9 nitrogen and oxygen atoms in total. The van der Waals surface area contributed by atoms with Crippen molar-refractivity contribution in [1.29, 1.82) is 0 Å². The number of amides is 2. The highest BCUT2D eigenvalue weighted by Crippen LogP contribution is 2.41. The van der Waals surface area contributed by atoms with Crippen LogP contribution in [0.1, 0.15) is 37.7 Å². The molecule has 172 valence electrons. The predicted octanol–water partition coefficient (Wildman–Crippen LogP) is 2.04. The minimum absolute atomic E-state index is 0.0578. The van der Waals surface area contributed by atoms with Crippen molar-refractivity contribution in [1.82, 2.24) is 20.2 Å². The lowest BCUT2D eigenvalue weighted by Gasteiger charge is -2.29. The second kappa shape index (κ2) is 7.98. The summed E-state index contributed by atoms with van der Waals surface area (Å²) in [6.45, 7) is 4.02. The first kappa shape index (κ1) is 20.4. The van der Waals surface area contributed by atoms with Crippen molar-refractivity contribution in [2.45, 2.75) is 50.1 Å². The molecule has 1 atom stereocenters. The maximum Gasteiger partial charge on any atom is 0.256 e. The molecule has 2 saturated heterocycles. The summed E-state index contributed by atoms with van der Waals surface area (Å²) in [5, 5.41) is 9.94. The van der Waals surface area contributed by atoms with E-state index < -0.39 is 5.54 Å². The first-order chi connectivity index (χ1) is 16.1. The Bertz CT molecular complexity index is 1080. The number of imide groups is 1. The number of anilines is 4. The Morgan fingerprint density at radius 2 is 1.79 bits per heavy atom. The average Bonchev–Trinajstić information content (AvgIpc) is 3.53. The molecule has 2 amide bonds. The Balaban J connectivity index is 1.16. The van der Waals surface area contributed by atoms with Gasteiger partial charge in [0, 0.05) is 61.8 Å². The van der Waals surface area contributed by atoms with E-state index in [0.29, 0.717) is 18.2 Å². The third-order valence-electron chi connectivity index (χ3n) is 7.36. The van der Waals surface area contributed by atoms with Crippen LogP contribution in [-0.4, -0.2) is 64.4 Å². The van der Waals surface area contributed by atoms with Crippen LogP contribution in [0, 0.1) is 0 Å². The molecule has 1 spiro atoms. The lowest BCUT2D eigenvalue weighted by atomic mass is 9.94. The molecule has 9 heteroatoms. The molecule has 0 bridgehead atoms. The molecule has 6 rings (SSSR count). The lowest BCUT2D eigenvalue weighted by molar-refractivity contribution is -0.142. The minimum Gasteiger partial charge on any atom is -0.369 e. The maximum atomic E-state index is 13.3. The zero-order chi connectivity index (χ0) is 22.4. The Hall–Kier alpha value is -3.20. The number of carbonyl (C=O) groups is 2. The summed E-state index contributed by atoms with van der Waals surface area (Å²) in [6.07, 6.45) is 6.41. The van der Waals surface area contributed by atoms with Crippen molar-refractivity contribution < 1.29 is 9.59 Å². The number of piperazine rings is 1. The number of hydrogen-bond acceptors (Lipinski definition) is 8. The minimum atomic E-state index is -0.903. The number of fused-ring (bicyclic) bond motifs is 1. The Morgan fingerprint density at radius 3 is 2.55 bits per heavy atom. The van der Waals surface area contributed by atoms with E-state index in [1.165, 1.54) is 10.6 Å². The lowest BCUT2D eigenvalue weighted by Crippen LogP contribution is -2.48. The van der Waals surface area contributed by atoms with Gasteiger partial charge in [-0.2, -0.15) is 4.98 Å². The summed E-state index contributed by atoms with van der Waals surface area (Å²) in [5.74, 6) is 0.940. The number of hydrogen-bond donors (Lipinski definition) is 3. The van der Waals surface area contributed by atoms with Crippen LogP contribution >= 0.6 is 0 Å². The Labute approximate surface area is 193 Å². The molecule has 1 saturated carbocycles. The molecule has 4 aliphatic rings. The smallest absolute Gasteiger partial charge is 0.256 e. The van der Waals surface area contributed by atoms with Gasteiger partial charge in [0.05, 0.1) is 6.42 Å². The van der Waals surface area contributed by atoms with Crippen LogP contribution < -0.4 is 20.9 Å². The van der Waals surface area contributed by atoms with E-state index in [2.05, 4.69) is 43.0 Å². The van der Waals surface area contributed by atoms with Gasteiger partial charge in [-0.3, -0.25) is 14.5 Å². The van der Waals surface area contributed by atoms with Crippen molar-refractivity contribution in [2.75, 3.05) is 41.7 Å². The van der Waals surface area contributed by atoms with E-state index in [-0.39, 0.29) is 24.3 Å². The van der Waals surface area contributed by atoms with Crippen LogP contribution in [0.5, 0.6) is 0 Å². The van der Waals surface area contributed by atoms with Crippen LogP contribution in [0.3, 0.4) is 0 Å². The summed E-state index contributed by atoms with van der Waals surface area (Å²) < 4.78 is 0. The van der Waals surface area contributed by atoms with Gasteiger partial charge in [0.2, 0.25) is 11.9 Å². The molecule has 3 fully saturated rings. The summed E-state index contributed by atoms with van der Waals surface area (Å²) in [7, 11) is 0. The van der Waals surface area contributed by atoms with Crippen LogP contribution in [-0.2, 0) is 16.0 Å². The summed E-state index contributed by atoms with van der Waals surface area (Å²) in [4.78, 5) is 39.0. The molecular weight excluding hydrogens is 418 g/mol. The average molecular weight is 448 g/mol. The van der Waals surface area contributed by atoms with Crippen LogP contribution in [0.2, 0.25) is 0 Å². The predicted molar refractivity (Wildman–Crippen MR) is 126 cm³/mol. The Morgan fingerprint density at radius 1 is 1.03 bits per heavy atom. The van der Waals surface area contributed by atoms with Gasteiger partial charge >= 0.3 is 0 Å². The van der Waals surface area contributed by atoms with E-state index in [0.717, 1.165) is 63.1 Å². The zero-order valence-electron chi connectivity index (χ0n) is 18.6. The van der Waals surface area contributed by atoms with Gasteiger partial charge in [0.25, 0.3) is 5.91 Å². The third kappa shape index (κ3) is 3.60. The third-order valence-corrected chi connectivity index (χ3v) is 7.36. The van der Waals surface area contributed by atoms with Crippen molar-refractivity contribution in [2.24, 2.45) is 0 Å². The van der Waals surface area contributed by atoms with Crippen LogP contribution in [0.4, 0.5) is 23.1 Å². The van der Waals surface area contributed by atoms with Crippen molar-refractivity contribution in [3.05, 3.63) is 36.0 Å². The fourth-order valence-corrected chi connectivity index (χ4v) is 5.64. The summed E-state index contributed by atoms with van der Waals surface area (Å²) in [5.41, 5.74) is 2.09. The number of carbonyl (C=O) groups excluding carboxylic acids is 2. The molecule has 33 heavy (non-hydrogen) atoms. The van der Waals surface area contributed by atoms with E-state index in [4.69, 9.17) is 0 Å². The highest BCUT2D eigenvalue weighted by atomic mass is 16.2. The van der Waals surface area contributed by atoms with E-state index in [1.54, 1.807) is 6.20 Å². The molecule has 0 radical (unpaired) electrons. The number of likely N-dealkylation sites (tertiary alicyclic amines) is 1. The molecule has 4 heterocycles. The SMILES string of the molecule is O=C1CC2(Cc3cnc(Nc4ccc(N5CCNCC5)cc4)nc3N2)C(=O)N1C1CCCC1. The topological polar surface area (TPSA) is 102 Å². The second-order valence-electron chi connectivity index (χ2n) is 9.54. The molecule has 3 N–H and O–H groups in total.